The summed E-state index contributed by atoms with van der Waals surface area (Å²) in [7, 11) is 0. The van der Waals surface area contributed by atoms with Crippen LogP contribution in [0.4, 0.5) is 0 Å². The number of aromatic amines is 1. The molecule has 102 valence electrons. The van der Waals surface area contributed by atoms with Crippen molar-refractivity contribution in [2.24, 2.45) is 11.7 Å². The number of carbonyl (C=O) groups is 1. The number of carbonyl (C=O) groups excluding carboxylic acids is 1. The number of rotatable bonds is 4. The average Bonchev–Trinajstić information content (AvgIpc) is 2.82. The van der Waals surface area contributed by atoms with Gasteiger partial charge in [-0.2, -0.15) is 0 Å². The van der Waals surface area contributed by atoms with Gasteiger partial charge >= 0.3 is 0 Å². The summed E-state index contributed by atoms with van der Waals surface area (Å²) < 4.78 is 0. The summed E-state index contributed by atoms with van der Waals surface area (Å²) in [5.41, 5.74) is 6.93. The molecule has 19 heavy (non-hydrogen) atoms. The topological polar surface area (TPSA) is 70.9 Å². The van der Waals surface area contributed by atoms with Crippen LogP contribution >= 0.6 is 0 Å². The minimum Gasteiger partial charge on any atom is -0.351 e. The Balaban J connectivity index is 2.24. The van der Waals surface area contributed by atoms with Gasteiger partial charge in [-0.1, -0.05) is 32.0 Å². The Labute approximate surface area is 113 Å². The number of aromatic nitrogens is 1. The highest BCUT2D eigenvalue weighted by atomic mass is 16.2. The number of amides is 1. The lowest BCUT2D eigenvalue weighted by molar-refractivity contribution is 0.0879. The lowest BCUT2D eigenvalue weighted by Gasteiger charge is -2.33. The molecule has 4 N–H and O–H groups in total. The van der Waals surface area contributed by atoms with Gasteiger partial charge in [-0.15, -0.1) is 0 Å². The summed E-state index contributed by atoms with van der Waals surface area (Å²) in [6.07, 6.45) is 0. The Kier molecular flexibility index (Phi) is 3.62. The molecule has 0 spiro atoms. The predicted octanol–water partition coefficient (Wildman–Crippen LogP) is 2.27. The van der Waals surface area contributed by atoms with Crippen molar-refractivity contribution in [3.05, 3.63) is 36.0 Å². The lowest BCUT2D eigenvalue weighted by Crippen LogP contribution is -2.55. The number of fused-ring (bicyclic) bond motifs is 1. The Morgan fingerprint density at radius 3 is 2.68 bits per heavy atom. The minimum absolute atomic E-state index is 0.113. The number of para-hydroxylation sites is 1. The van der Waals surface area contributed by atoms with Crippen LogP contribution in [0.1, 0.15) is 31.3 Å². The van der Waals surface area contributed by atoms with Gasteiger partial charge in [-0.3, -0.25) is 4.79 Å². The highest BCUT2D eigenvalue weighted by Gasteiger charge is 2.29. The molecule has 4 nitrogen and oxygen atoms in total. The maximum Gasteiger partial charge on any atom is 0.268 e. The van der Waals surface area contributed by atoms with Crippen molar-refractivity contribution < 1.29 is 4.79 Å². The molecule has 1 unspecified atom stereocenters. The highest BCUT2D eigenvalue weighted by Crippen LogP contribution is 2.18. The second-order valence-corrected chi connectivity index (χ2v) is 5.50. The zero-order valence-electron chi connectivity index (χ0n) is 11.7. The smallest absolute Gasteiger partial charge is 0.268 e. The number of H-pyrrole nitrogens is 1. The molecular weight excluding hydrogens is 238 g/mol. The molecule has 0 radical (unpaired) electrons. The highest BCUT2D eigenvalue weighted by molar-refractivity contribution is 5.98. The first-order chi connectivity index (χ1) is 8.96. The van der Waals surface area contributed by atoms with E-state index in [-0.39, 0.29) is 11.8 Å². The van der Waals surface area contributed by atoms with E-state index in [1.54, 1.807) is 0 Å². The van der Waals surface area contributed by atoms with Crippen LogP contribution in [0.3, 0.4) is 0 Å². The van der Waals surface area contributed by atoms with Gasteiger partial charge in [0.15, 0.2) is 0 Å². The summed E-state index contributed by atoms with van der Waals surface area (Å²) in [5.74, 6) is 0.156. The van der Waals surface area contributed by atoms with E-state index in [0.29, 0.717) is 12.2 Å². The van der Waals surface area contributed by atoms with Crippen LogP contribution in [0.2, 0.25) is 0 Å². The molecule has 1 atom stereocenters. The van der Waals surface area contributed by atoms with Gasteiger partial charge in [0, 0.05) is 17.4 Å². The maximum absolute atomic E-state index is 12.3. The quantitative estimate of drug-likeness (QED) is 0.788. The summed E-state index contributed by atoms with van der Waals surface area (Å²) in [5, 5.41) is 4.06. The number of benzene rings is 1. The third kappa shape index (κ3) is 2.63. The Morgan fingerprint density at radius 1 is 1.42 bits per heavy atom. The maximum atomic E-state index is 12.3. The van der Waals surface area contributed by atoms with E-state index in [9.17, 15) is 4.79 Å². The fourth-order valence-electron chi connectivity index (χ4n) is 1.95. The van der Waals surface area contributed by atoms with Crippen molar-refractivity contribution in [2.75, 3.05) is 6.54 Å². The van der Waals surface area contributed by atoms with Gasteiger partial charge in [0.2, 0.25) is 0 Å². The van der Waals surface area contributed by atoms with Gasteiger partial charge in [0.1, 0.15) is 5.69 Å². The second kappa shape index (κ2) is 5.05. The summed E-state index contributed by atoms with van der Waals surface area (Å²) in [6, 6.07) is 9.69. The van der Waals surface area contributed by atoms with Crippen molar-refractivity contribution >= 4 is 16.8 Å². The molecule has 2 aromatic rings. The molecule has 1 aromatic heterocycles. The molecule has 0 aliphatic carbocycles. The van der Waals surface area contributed by atoms with E-state index in [1.165, 1.54) is 0 Å². The van der Waals surface area contributed by atoms with E-state index < -0.39 is 5.54 Å². The second-order valence-electron chi connectivity index (χ2n) is 5.50. The monoisotopic (exact) mass is 259 g/mol. The van der Waals surface area contributed by atoms with Crippen molar-refractivity contribution in [2.45, 2.75) is 26.3 Å². The van der Waals surface area contributed by atoms with Gasteiger partial charge in [0.25, 0.3) is 5.91 Å². The zero-order valence-corrected chi connectivity index (χ0v) is 11.7. The number of hydrogen-bond donors (Lipinski definition) is 3. The molecule has 1 heterocycles. The van der Waals surface area contributed by atoms with Gasteiger partial charge in [-0.25, -0.2) is 0 Å². The summed E-state index contributed by atoms with van der Waals surface area (Å²) in [6.45, 7) is 6.49. The zero-order chi connectivity index (χ0) is 14.0. The Morgan fingerprint density at radius 2 is 2.11 bits per heavy atom. The van der Waals surface area contributed by atoms with Gasteiger partial charge in [-0.05, 0) is 25.0 Å². The van der Waals surface area contributed by atoms with Crippen LogP contribution in [0, 0.1) is 5.92 Å². The van der Waals surface area contributed by atoms with Crippen LogP contribution in [-0.4, -0.2) is 23.0 Å². The van der Waals surface area contributed by atoms with Gasteiger partial charge in [0.05, 0.1) is 5.54 Å². The van der Waals surface area contributed by atoms with Crippen molar-refractivity contribution in [1.82, 2.24) is 10.3 Å². The lowest BCUT2D eigenvalue weighted by atomic mass is 9.88. The van der Waals surface area contributed by atoms with Crippen LogP contribution < -0.4 is 11.1 Å². The molecule has 1 amide bonds. The molecule has 0 aliphatic rings. The number of nitrogens with one attached hydrogen (secondary N) is 2. The van der Waals surface area contributed by atoms with E-state index in [0.717, 1.165) is 10.9 Å². The Hall–Kier alpha value is -1.81. The Bertz CT molecular complexity index is 555. The molecular formula is C15H21N3O. The van der Waals surface area contributed by atoms with Crippen LogP contribution in [0.5, 0.6) is 0 Å². The molecule has 0 aliphatic heterocycles. The first kappa shape index (κ1) is 13.6. The molecule has 1 aromatic carbocycles. The standard InChI is InChI=1S/C15H21N3O/c1-10(2)15(3,9-16)18-14(19)13-8-11-6-4-5-7-12(11)17-13/h4-8,10,17H,9,16H2,1-3H3,(H,18,19). The third-order valence-electron chi connectivity index (χ3n) is 3.87. The van der Waals surface area contributed by atoms with Crippen molar-refractivity contribution in [3.63, 3.8) is 0 Å². The third-order valence-corrected chi connectivity index (χ3v) is 3.87. The van der Waals surface area contributed by atoms with E-state index in [4.69, 9.17) is 5.73 Å². The van der Waals surface area contributed by atoms with E-state index in [2.05, 4.69) is 24.1 Å². The molecule has 2 rings (SSSR count). The van der Waals surface area contributed by atoms with Crippen LogP contribution in [-0.2, 0) is 0 Å². The fraction of sp³-hybridized carbons (Fsp3) is 0.400. The summed E-state index contributed by atoms with van der Waals surface area (Å²) >= 11 is 0. The largest absolute Gasteiger partial charge is 0.351 e. The fourth-order valence-corrected chi connectivity index (χ4v) is 1.95. The number of nitrogens with two attached hydrogens (primary N) is 1. The first-order valence-corrected chi connectivity index (χ1v) is 6.56. The van der Waals surface area contributed by atoms with Crippen molar-refractivity contribution in [1.29, 1.82) is 0 Å². The summed E-state index contributed by atoms with van der Waals surface area (Å²) in [4.78, 5) is 15.4. The average molecular weight is 259 g/mol. The molecule has 0 saturated heterocycles. The minimum atomic E-state index is -0.394. The van der Waals surface area contributed by atoms with Gasteiger partial charge < -0.3 is 16.0 Å². The first-order valence-electron chi connectivity index (χ1n) is 6.56. The molecule has 4 heteroatoms. The van der Waals surface area contributed by atoms with E-state index in [1.807, 2.05) is 37.3 Å². The SMILES string of the molecule is CC(C)C(C)(CN)NC(=O)c1cc2ccccc2[nH]1. The number of hydrogen-bond acceptors (Lipinski definition) is 2. The predicted molar refractivity (Wildman–Crippen MR) is 78.1 cm³/mol. The molecule has 0 saturated carbocycles. The van der Waals surface area contributed by atoms with Crippen LogP contribution in [0.15, 0.2) is 30.3 Å². The van der Waals surface area contributed by atoms with Crippen LogP contribution in [0.25, 0.3) is 10.9 Å². The normalized spacial score (nSPS) is 14.6. The van der Waals surface area contributed by atoms with E-state index >= 15 is 0 Å². The molecule has 0 bridgehead atoms. The van der Waals surface area contributed by atoms with Crippen molar-refractivity contribution in [3.8, 4) is 0 Å². The molecule has 0 fully saturated rings.